The molecule has 3 fully saturated rings. The topological polar surface area (TPSA) is 118 Å². The number of ether oxygens (including phenoxy) is 2. The fourth-order valence-electron chi connectivity index (χ4n) is 7.21. The van der Waals surface area contributed by atoms with E-state index in [2.05, 4.69) is 70.4 Å². The Morgan fingerprint density at radius 2 is 1.74 bits per heavy atom. The van der Waals surface area contributed by atoms with Crippen LogP contribution < -0.4 is 25.6 Å². The van der Waals surface area contributed by atoms with Crippen molar-refractivity contribution in [1.82, 2.24) is 24.8 Å². The maximum atomic E-state index is 13.4. The highest BCUT2D eigenvalue weighted by Crippen LogP contribution is 2.42. The third-order valence-electron chi connectivity index (χ3n) is 9.50. The van der Waals surface area contributed by atoms with Crippen molar-refractivity contribution in [3.05, 3.63) is 52.9 Å². The maximum Gasteiger partial charge on any atom is 0.229 e. The highest BCUT2D eigenvalue weighted by molar-refractivity contribution is 9.10. The van der Waals surface area contributed by atoms with Gasteiger partial charge in [0.15, 0.2) is 0 Å². The summed E-state index contributed by atoms with van der Waals surface area (Å²) in [6.07, 6.45) is 7.27. The lowest BCUT2D eigenvalue weighted by Gasteiger charge is -2.39. The molecule has 3 saturated heterocycles. The zero-order valence-electron chi connectivity index (χ0n) is 26.7. The molecular weight excluding hydrogens is 667 g/mol. The summed E-state index contributed by atoms with van der Waals surface area (Å²) in [6, 6.07) is 8.61. The van der Waals surface area contributed by atoms with Crippen molar-refractivity contribution in [2.45, 2.75) is 25.8 Å². The predicted molar refractivity (Wildman–Crippen MR) is 187 cm³/mol. The van der Waals surface area contributed by atoms with Gasteiger partial charge in [0, 0.05) is 74.4 Å². The molecule has 46 heavy (non-hydrogen) atoms. The standard InChI is InChI=1S/C33H40BrN8O3P/c1-20-13-27(29(44-2)14-28(20)41-11-7-23(8-12-41)42-16-21-18-45-19-22(21)17-42)39-33-37-15-24(34)32(40-33)38-26-6-5-25-30(36-10-9-35-25)31(26)46(3,4)43/h5-6,9-10,13-15,21-23H,7-8,11-12,16-19H2,1-4H3,(H2,37,38,39,40). The zero-order valence-corrected chi connectivity index (χ0v) is 29.1. The van der Waals surface area contributed by atoms with Gasteiger partial charge < -0.3 is 29.6 Å². The van der Waals surface area contributed by atoms with E-state index in [4.69, 9.17) is 14.5 Å². The van der Waals surface area contributed by atoms with Gasteiger partial charge in [-0.2, -0.15) is 4.98 Å². The molecule has 5 heterocycles. The van der Waals surface area contributed by atoms with Crippen molar-refractivity contribution in [1.29, 1.82) is 0 Å². The van der Waals surface area contributed by atoms with Crippen molar-refractivity contribution < 1.29 is 14.0 Å². The molecule has 0 radical (unpaired) electrons. The van der Waals surface area contributed by atoms with Gasteiger partial charge >= 0.3 is 0 Å². The number of anilines is 5. The van der Waals surface area contributed by atoms with Crippen LogP contribution in [-0.4, -0.2) is 90.7 Å². The van der Waals surface area contributed by atoms with Crippen LogP contribution in [0.2, 0.25) is 0 Å². The Kier molecular flexibility index (Phi) is 8.65. The quantitative estimate of drug-likeness (QED) is 0.217. The summed E-state index contributed by atoms with van der Waals surface area (Å²) in [5, 5.41) is 7.36. The average Bonchev–Trinajstić information content (AvgIpc) is 3.65. The Bertz CT molecular complexity index is 1800. The van der Waals surface area contributed by atoms with E-state index >= 15 is 0 Å². The number of piperidine rings is 1. The maximum absolute atomic E-state index is 13.4. The highest BCUT2D eigenvalue weighted by atomic mass is 79.9. The predicted octanol–water partition coefficient (Wildman–Crippen LogP) is 5.78. The van der Waals surface area contributed by atoms with E-state index in [0.29, 0.717) is 44.3 Å². The van der Waals surface area contributed by atoms with Crippen LogP contribution in [0.15, 0.2) is 47.3 Å². The summed E-state index contributed by atoms with van der Waals surface area (Å²) in [5.74, 6) is 3.10. The Labute approximate surface area is 278 Å². The minimum absolute atomic E-state index is 0.399. The third-order valence-corrected chi connectivity index (χ3v) is 11.6. The smallest absolute Gasteiger partial charge is 0.229 e. The number of hydrogen-bond acceptors (Lipinski definition) is 11. The number of aryl methyl sites for hydroxylation is 1. The lowest BCUT2D eigenvalue weighted by Crippen LogP contribution is -2.44. The molecular formula is C33H40BrN8O3P. The van der Waals surface area contributed by atoms with Crippen LogP contribution in [0, 0.1) is 18.8 Å². The number of benzene rings is 2. The molecule has 0 saturated carbocycles. The van der Waals surface area contributed by atoms with Crippen LogP contribution in [-0.2, 0) is 9.30 Å². The minimum Gasteiger partial charge on any atom is -0.494 e. The molecule has 2 aromatic heterocycles. The lowest BCUT2D eigenvalue weighted by molar-refractivity contribution is 0.130. The number of nitrogens with zero attached hydrogens (tertiary/aromatic N) is 6. The van der Waals surface area contributed by atoms with Gasteiger partial charge in [-0.25, -0.2) is 4.98 Å². The summed E-state index contributed by atoms with van der Waals surface area (Å²) >= 11 is 3.58. The first-order chi connectivity index (χ1) is 22.2. The Morgan fingerprint density at radius 3 is 2.46 bits per heavy atom. The SMILES string of the molecule is COc1cc(N2CCC(N3CC4COCC4C3)CC2)c(C)cc1Nc1ncc(Br)c(Nc2ccc3nccnc3c2P(C)(C)=O)n1. The van der Waals surface area contributed by atoms with Gasteiger partial charge in [0.05, 0.1) is 47.0 Å². The van der Waals surface area contributed by atoms with Gasteiger partial charge in [-0.05, 0) is 72.8 Å². The molecule has 242 valence electrons. The molecule has 2 N–H and O–H groups in total. The van der Waals surface area contributed by atoms with Crippen molar-refractivity contribution in [2.24, 2.45) is 11.8 Å². The van der Waals surface area contributed by atoms with Crippen molar-refractivity contribution in [2.75, 3.05) is 75.4 Å². The number of halogens is 1. The fourth-order valence-corrected chi connectivity index (χ4v) is 8.89. The molecule has 7 rings (SSSR count). The molecule has 2 aromatic carbocycles. The normalized spacial score (nSPS) is 20.7. The van der Waals surface area contributed by atoms with Crippen molar-refractivity contribution in [3.63, 3.8) is 0 Å². The van der Waals surface area contributed by atoms with Crippen LogP contribution in [0.25, 0.3) is 11.0 Å². The van der Waals surface area contributed by atoms with E-state index in [1.54, 1.807) is 39.0 Å². The van der Waals surface area contributed by atoms with Crippen LogP contribution in [0.4, 0.5) is 28.8 Å². The molecule has 13 heteroatoms. The van der Waals surface area contributed by atoms with Gasteiger partial charge in [-0.3, -0.25) is 14.9 Å². The number of fused-ring (bicyclic) bond motifs is 2. The molecule has 2 unspecified atom stereocenters. The van der Waals surface area contributed by atoms with E-state index in [1.807, 2.05) is 12.1 Å². The number of rotatable bonds is 8. The lowest BCUT2D eigenvalue weighted by atomic mass is 10.0. The number of nitrogens with one attached hydrogen (secondary N) is 2. The molecule has 0 bridgehead atoms. The molecule has 0 aliphatic carbocycles. The Morgan fingerprint density at radius 1 is 1.00 bits per heavy atom. The fraction of sp³-hybridized carbons (Fsp3) is 0.455. The molecule has 11 nitrogen and oxygen atoms in total. The van der Waals surface area contributed by atoms with E-state index in [-0.39, 0.29) is 0 Å². The van der Waals surface area contributed by atoms with E-state index in [0.717, 1.165) is 55.1 Å². The van der Waals surface area contributed by atoms with Crippen LogP contribution in [0.3, 0.4) is 0 Å². The zero-order chi connectivity index (χ0) is 32.0. The highest BCUT2D eigenvalue weighted by Gasteiger charge is 2.40. The van der Waals surface area contributed by atoms with Gasteiger partial charge in [-0.1, -0.05) is 0 Å². The number of methoxy groups -OCH3 is 1. The second kappa shape index (κ2) is 12.7. The van der Waals surface area contributed by atoms with Gasteiger partial charge in [0.2, 0.25) is 5.95 Å². The molecule has 4 aromatic rings. The van der Waals surface area contributed by atoms with Gasteiger partial charge in [0.25, 0.3) is 0 Å². The summed E-state index contributed by atoms with van der Waals surface area (Å²) in [5.41, 5.74) is 5.11. The molecule has 3 aliphatic heterocycles. The minimum atomic E-state index is -2.73. The van der Waals surface area contributed by atoms with Gasteiger partial charge in [-0.15, -0.1) is 0 Å². The van der Waals surface area contributed by atoms with Crippen LogP contribution in [0.5, 0.6) is 5.75 Å². The summed E-state index contributed by atoms with van der Waals surface area (Å²) < 4.78 is 25.6. The third kappa shape index (κ3) is 6.20. The van der Waals surface area contributed by atoms with Crippen LogP contribution >= 0.6 is 23.1 Å². The molecule has 2 atom stereocenters. The summed E-state index contributed by atoms with van der Waals surface area (Å²) in [7, 11) is -1.05. The second-order valence-electron chi connectivity index (χ2n) is 12.9. The Hall–Kier alpha value is -3.31. The molecule has 3 aliphatic rings. The van der Waals surface area contributed by atoms with Crippen molar-refractivity contribution >= 4 is 68.2 Å². The number of likely N-dealkylation sites (tertiary alicyclic amines) is 1. The van der Waals surface area contributed by atoms with E-state index < -0.39 is 7.14 Å². The number of aromatic nitrogens is 4. The number of hydrogen-bond donors (Lipinski definition) is 2. The first-order valence-corrected chi connectivity index (χ1v) is 19.2. The van der Waals surface area contributed by atoms with E-state index in [9.17, 15) is 4.57 Å². The summed E-state index contributed by atoms with van der Waals surface area (Å²) in [6.45, 7) is 11.9. The van der Waals surface area contributed by atoms with Crippen molar-refractivity contribution in [3.8, 4) is 5.75 Å². The first kappa shape index (κ1) is 31.3. The summed E-state index contributed by atoms with van der Waals surface area (Å²) in [4.78, 5) is 23.4. The average molecular weight is 708 g/mol. The largest absolute Gasteiger partial charge is 0.494 e. The van der Waals surface area contributed by atoms with E-state index in [1.165, 1.54) is 31.6 Å². The second-order valence-corrected chi connectivity index (χ2v) is 16.9. The van der Waals surface area contributed by atoms with Crippen LogP contribution in [0.1, 0.15) is 18.4 Å². The Balaban J connectivity index is 1.08. The molecule has 0 amide bonds. The first-order valence-electron chi connectivity index (χ1n) is 15.8. The van der Waals surface area contributed by atoms with Gasteiger partial charge in [0.1, 0.15) is 24.2 Å². The molecule has 0 spiro atoms. The monoisotopic (exact) mass is 706 g/mol.